The summed E-state index contributed by atoms with van der Waals surface area (Å²) in [4.78, 5) is 12.7. The lowest BCUT2D eigenvalue weighted by molar-refractivity contribution is -0.118. The fraction of sp³-hybridized carbons (Fsp3) is 0.200. The van der Waals surface area contributed by atoms with Crippen LogP contribution < -0.4 is 10.6 Å². The van der Waals surface area contributed by atoms with Crippen molar-refractivity contribution in [2.24, 2.45) is 0 Å². The van der Waals surface area contributed by atoms with Crippen LogP contribution in [0.1, 0.15) is 16.7 Å². The Morgan fingerprint density at radius 2 is 1.84 bits per heavy atom. The van der Waals surface area contributed by atoms with E-state index in [1.807, 2.05) is 55.6 Å². The van der Waals surface area contributed by atoms with Crippen LogP contribution in [0.2, 0.25) is 0 Å². The van der Waals surface area contributed by atoms with Crippen molar-refractivity contribution in [2.75, 3.05) is 5.32 Å². The summed E-state index contributed by atoms with van der Waals surface area (Å²) >= 11 is 0. The van der Waals surface area contributed by atoms with E-state index < -0.39 is 0 Å². The number of carbonyl (C=O) groups excluding carboxylic acids is 1. The SMILES string of the molecule is Cc1cn(-c2ccccc2)nc1NC(=O)[C@@H]1Cc2ccccc2CN1. The number of fused-ring (bicyclic) bond motifs is 1. The molecule has 1 aromatic heterocycles. The van der Waals surface area contributed by atoms with Crippen LogP contribution in [0, 0.1) is 6.92 Å². The molecule has 2 N–H and O–H groups in total. The fourth-order valence-electron chi connectivity index (χ4n) is 3.14. The van der Waals surface area contributed by atoms with Gasteiger partial charge >= 0.3 is 0 Å². The predicted octanol–water partition coefficient (Wildman–Crippen LogP) is 2.83. The second-order valence-corrected chi connectivity index (χ2v) is 6.34. The van der Waals surface area contributed by atoms with E-state index in [2.05, 4.69) is 27.9 Å². The molecule has 1 amide bonds. The third kappa shape index (κ3) is 3.19. The minimum Gasteiger partial charge on any atom is -0.308 e. The number of benzene rings is 2. The van der Waals surface area contributed by atoms with E-state index in [1.54, 1.807) is 4.68 Å². The third-order valence-electron chi connectivity index (χ3n) is 4.56. The minimum atomic E-state index is -0.240. The molecule has 25 heavy (non-hydrogen) atoms. The van der Waals surface area contributed by atoms with Crippen LogP contribution in [0.4, 0.5) is 5.82 Å². The number of amides is 1. The highest BCUT2D eigenvalue weighted by Gasteiger charge is 2.24. The van der Waals surface area contributed by atoms with E-state index in [0.717, 1.165) is 11.3 Å². The molecule has 5 nitrogen and oxygen atoms in total. The van der Waals surface area contributed by atoms with E-state index in [9.17, 15) is 4.79 Å². The van der Waals surface area contributed by atoms with Crippen LogP contribution in [0.15, 0.2) is 60.8 Å². The zero-order valence-corrected chi connectivity index (χ0v) is 14.1. The van der Waals surface area contributed by atoms with Crippen LogP contribution in [-0.2, 0) is 17.8 Å². The van der Waals surface area contributed by atoms with Crippen molar-refractivity contribution in [3.8, 4) is 5.69 Å². The van der Waals surface area contributed by atoms with Crippen molar-refractivity contribution >= 4 is 11.7 Å². The first-order valence-electron chi connectivity index (χ1n) is 8.43. The van der Waals surface area contributed by atoms with Gasteiger partial charge in [-0.05, 0) is 36.6 Å². The lowest BCUT2D eigenvalue weighted by atomic mass is 9.95. The van der Waals surface area contributed by atoms with Crippen molar-refractivity contribution in [1.82, 2.24) is 15.1 Å². The van der Waals surface area contributed by atoms with Gasteiger partial charge in [-0.15, -0.1) is 5.10 Å². The number of para-hydroxylation sites is 1. The van der Waals surface area contributed by atoms with Crippen molar-refractivity contribution < 1.29 is 4.79 Å². The molecule has 4 rings (SSSR count). The van der Waals surface area contributed by atoms with Gasteiger partial charge in [0.05, 0.1) is 11.7 Å². The third-order valence-corrected chi connectivity index (χ3v) is 4.56. The standard InChI is InChI=1S/C20H20N4O/c1-14-13-24(17-9-3-2-4-10-17)23-19(14)22-20(25)18-11-15-7-5-6-8-16(15)12-21-18/h2-10,13,18,21H,11-12H2,1H3,(H,22,23,25)/t18-/m0/s1. The number of aryl methyl sites for hydroxylation is 1. The highest BCUT2D eigenvalue weighted by molar-refractivity contribution is 5.95. The monoisotopic (exact) mass is 332 g/mol. The summed E-state index contributed by atoms with van der Waals surface area (Å²) in [5.74, 6) is 0.561. The number of anilines is 1. The molecule has 1 aliphatic rings. The molecule has 126 valence electrons. The van der Waals surface area contributed by atoms with E-state index in [0.29, 0.717) is 18.8 Å². The fourth-order valence-corrected chi connectivity index (χ4v) is 3.14. The van der Waals surface area contributed by atoms with Gasteiger partial charge in [-0.2, -0.15) is 0 Å². The normalized spacial score (nSPS) is 16.3. The average Bonchev–Trinajstić information content (AvgIpc) is 3.02. The Morgan fingerprint density at radius 1 is 1.12 bits per heavy atom. The molecule has 0 bridgehead atoms. The molecular weight excluding hydrogens is 312 g/mol. The molecule has 0 unspecified atom stereocenters. The van der Waals surface area contributed by atoms with E-state index in [4.69, 9.17) is 0 Å². The van der Waals surface area contributed by atoms with Gasteiger partial charge < -0.3 is 10.6 Å². The molecule has 2 heterocycles. The number of hydrogen-bond donors (Lipinski definition) is 2. The van der Waals surface area contributed by atoms with Crippen LogP contribution in [-0.4, -0.2) is 21.7 Å². The van der Waals surface area contributed by atoms with Gasteiger partial charge in [-0.3, -0.25) is 4.79 Å². The molecule has 0 radical (unpaired) electrons. The molecular formula is C20H20N4O. The number of nitrogens with zero attached hydrogens (tertiary/aromatic N) is 2. The number of carbonyl (C=O) groups is 1. The Morgan fingerprint density at radius 3 is 2.64 bits per heavy atom. The summed E-state index contributed by atoms with van der Waals surface area (Å²) in [5.41, 5.74) is 4.40. The van der Waals surface area contributed by atoms with Gasteiger partial charge in [0.1, 0.15) is 0 Å². The Bertz CT molecular complexity index is 901. The summed E-state index contributed by atoms with van der Waals surface area (Å²) in [6.07, 6.45) is 2.62. The lowest BCUT2D eigenvalue weighted by Crippen LogP contribution is -2.44. The summed E-state index contributed by atoms with van der Waals surface area (Å²) < 4.78 is 1.79. The average molecular weight is 332 g/mol. The van der Waals surface area contributed by atoms with Gasteiger partial charge in [-0.1, -0.05) is 42.5 Å². The lowest BCUT2D eigenvalue weighted by Gasteiger charge is -2.25. The molecule has 0 saturated carbocycles. The number of nitrogens with one attached hydrogen (secondary N) is 2. The van der Waals surface area contributed by atoms with Gasteiger partial charge in [-0.25, -0.2) is 4.68 Å². The first-order chi connectivity index (χ1) is 12.2. The molecule has 5 heteroatoms. The van der Waals surface area contributed by atoms with Crippen molar-refractivity contribution in [1.29, 1.82) is 0 Å². The Hall–Kier alpha value is -2.92. The molecule has 0 fully saturated rings. The predicted molar refractivity (Wildman–Crippen MR) is 97.7 cm³/mol. The summed E-state index contributed by atoms with van der Waals surface area (Å²) in [6, 6.07) is 17.9. The summed E-state index contributed by atoms with van der Waals surface area (Å²) in [7, 11) is 0. The van der Waals surface area contributed by atoms with E-state index in [-0.39, 0.29) is 11.9 Å². The second kappa shape index (κ2) is 6.53. The van der Waals surface area contributed by atoms with Crippen LogP contribution in [0.5, 0.6) is 0 Å². The summed E-state index contributed by atoms with van der Waals surface area (Å²) in [6.45, 7) is 2.66. The van der Waals surface area contributed by atoms with E-state index in [1.165, 1.54) is 11.1 Å². The number of hydrogen-bond acceptors (Lipinski definition) is 3. The Balaban J connectivity index is 1.49. The smallest absolute Gasteiger partial charge is 0.243 e. The molecule has 3 aromatic rings. The van der Waals surface area contributed by atoms with Crippen LogP contribution in [0.25, 0.3) is 5.69 Å². The zero-order valence-electron chi connectivity index (χ0n) is 14.1. The molecule has 1 atom stereocenters. The largest absolute Gasteiger partial charge is 0.308 e. The van der Waals surface area contributed by atoms with Crippen molar-refractivity contribution in [2.45, 2.75) is 25.9 Å². The molecule has 0 aliphatic carbocycles. The second-order valence-electron chi connectivity index (χ2n) is 6.34. The first-order valence-corrected chi connectivity index (χ1v) is 8.43. The minimum absolute atomic E-state index is 0.0454. The zero-order chi connectivity index (χ0) is 17.2. The topological polar surface area (TPSA) is 59.0 Å². The van der Waals surface area contributed by atoms with Gasteiger partial charge in [0, 0.05) is 18.3 Å². The van der Waals surface area contributed by atoms with Crippen molar-refractivity contribution in [3.63, 3.8) is 0 Å². The number of rotatable bonds is 3. The Kier molecular flexibility index (Phi) is 4.07. The molecule has 0 saturated heterocycles. The maximum absolute atomic E-state index is 12.7. The van der Waals surface area contributed by atoms with Crippen LogP contribution in [0.3, 0.4) is 0 Å². The maximum atomic E-state index is 12.7. The van der Waals surface area contributed by atoms with Crippen LogP contribution >= 0.6 is 0 Å². The highest BCUT2D eigenvalue weighted by atomic mass is 16.2. The van der Waals surface area contributed by atoms with Crippen molar-refractivity contribution in [3.05, 3.63) is 77.5 Å². The van der Waals surface area contributed by atoms with Gasteiger partial charge in [0.25, 0.3) is 0 Å². The van der Waals surface area contributed by atoms with Gasteiger partial charge in [0.2, 0.25) is 5.91 Å². The molecule has 1 aliphatic heterocycles. The maximum Gasteiger partial charge on any atom is 0.243 e. The van der Waals surface area contributed by atoms with E-state index >= 15 is 0 Å². The summed E-state index contributed by atoms with van der Waals surface area (Å²) in [5, 5.41) is 10.8. The Labute approximate surface area is 146 Å². The molecule has 0 spiro atoms. The number of aromatic nitrogens is 2. The molecule has 2 aromatic carbocycles. The quantitative estimate of drug-likeness (QED) is 0.775. The highest BCUT2D eigenvalue weighted by Crippen LogP contribution is 2.19. The first kappa shape index (κ1) is 15.6. The van der Waals surface area contributed by atoms with Gasteiger partial charge in [0.15, 0.2) is 5.82 Å².